The fourth-order valence-electron chi connectivity index (χ4n) is 12.9. The van der Waals surface area contributed by atoms with Crippen LogP contribution in [0.25, 0.3) is 64.6 Å². The van der Waals surface area contributed by atoms with E-state index >= 15 is 0 Å². The number of ether oxygens (including phenoxy) is 6. The fourth-order valence-corrected chi connectivity index (χ4v) is 32.2. The summed E-state index contributed by atoms with van der Waals surface area (Å²) in [5.74, 6) is 2.72. The van der Waals surface area contributed by atoms with Gasteiger partial charge >= 0.3 is 30.6 Å². The number of benzene rings is 12. The Balaban J connectivity index is 0.761. The number of unbranched alkanes of at least 4 members (excludes halogenated alkanes) is 3. The van der Waals surface area contributed by atoms with Gasteiger partial charge in [0, 0.05) is 13.1 Å². The number of nitrogens with one attached hydrogen (secondary N) is 2. The summed E-state index contributed by atoms with van der Waals surface area (Å²) in [5, 5.41) is 19.3. The lowest BCUT2D eigenvalue weighted by Crippen LogP contribution is -2.20. The van der Waals surface area contributed by atoms with E-state index in [1.807, 2.05) is 231 Å². The Morgan fingerprint density at radius 2 is 0.446 bits per heavy atom. The van der Waals surface area contributed by atoms with Crippen LogP contribution in [0.1, 0.15) is 25.7 Å². The highest BCUT2D eigenvalue weighted by molar-refractivity contribution is 7.80. The second-order valence-corrected chi connectivity index (χ2v) is 39.6. The van der Waals surface area contributed by atoms with Crippen molar-refractivity contribution in [3.8, 4) is 34.5 Å². The first-order valence-electron chi connectivity index (χ1n) is 37.6. The maximum Gasteiger partial charge on any atom is 0.457 e. The molecule has 0 aliphatic carbocycles. The summed E-state index contributed by atoms with van der Waals surface area (Å²) >= 11 is 0. The minimum Gasteiger partial charge on any atom is -0.422 e. The SMILES string of the molecule is c1ccc2cc(OP34=NP(NCCCCCCNP56=NP(Oc7ccc8ccccc8c7)(Oc7ccc8ccccc8c7)=NP(Oc7ccc8ccccc8c7)(=N5)OCCOCCOCCOCCO6)(=NP(Oc5ccc6ccccc6c5)(Oc5ccc6ccccc6c5)=N3)OCCOCCOCCOCCO4)ccc2c1. The van der Waals surface area contributed by atoms with Gasteiger partial charge in [0.05, 0.1) is 106 Å². The highest BCUT2D eigenvalue weighted by Crippen LogP contribution is 2.80. The van der Waals surface area contributed by atoms with Crippen LogP contribution in [-0.4, -0.2) is 119 Å². The highest BCUT2D eigenvalue weighted by Gasteiger charge is 2.47. The van der Waals surface area contributed by atoms with Crippen LogP contribution < -0.4 is 37.3 Å². The van der Waals surface area contributed by atoms with Gasteiger partial charge in [-0.05, 0) is 150 Å². The van der Waals surface area contributed by atoms with Gasteiger partial charge < -0.3 is 64.6 Å². The first-order valence-corrected chi connectivity index (χ1v) is 47.0. The van der Waals surface area contributed by atoms with Gasteiger partial charge in [-0.15, -0.1) is 27.1 Å². The van der Waals surface area contributed by atoms with Crippen LogP contribution in [0, 0.1) is 0 Å². The Kier molecular flexibility index (Phi) is 25.7. The maximum absolute atomic E-state index is 7.34. The van der Waals surface area contributed by atoms with Gasteiger partial charge in [0.2, 0.25) is 0 Å². The van der Waals surface area contributed by atoms with Gasteiger partial charge in [-0.3, -0.25) is 9.05 Å². The molecule has 4 bridgehead atoms. The molecular weight excluding hydrogens is 1540 g/mol. The molecular formula is C82H88N8O16P6. The van der Waals surface area contributed by atoms with Gasteiger partial charge in [0.1, 0.15) is 34.5 Å². The van der Waals surface area contributed by atoms with E-state index in [4.69, 9.17) is 101 Å². The monoisotopic (exact) mass is 1630 g/mol. The molecule has 24 nitrogen and oxygen atoms in total. The smallest absolute Gasteiger partial charge is 0.422 e. The van der Waals surface area contributed by atoms with Crippen molar-refractivity contribution in [2.45, 2.75) is 25.7 Å². The highest BCUT2D eigenvalue weighted by atomic mass is 31.3. The van der Waals surface area contributed by atoms with Crippen molar-refractivity contribution in [1.82, 2.24) is 10.2 Å². The van der Waals surface area contributed by atoms with Crippen molar-refractivity contribution < 1.29 is 73.7 Å². The second kappa shape index (κ2) is 37.0. The maximum atomic E-state index is 7.34. The van der Waals surface area contributed by atoms with Gasteiger partial charge in [-0.25, -0.2) is 10.2 Å². The molecule has 0 saturated heterocycles. The summed E-state index contributed by atoms with van der Waals surface area (Å²) < 4.78 is 142. The molecule has 0 amide bonds. The molecule has 0 fully saturated rings. The van der Waals surface area contributed by atoms with Gasteiger partial charge in [0.15, 0.2) is 0 Å². The zero-order chi connectivity index (χ0) is 75.6. The number of nitrogens with zero attached hydrogens (tertiary/aromatic N) is 6. The lowest BCUT2D eigenvalue weighted by molar-refractivity contribution is 0.00494. The zero-order valence-corrected chi connectivity index (χ0v) is 67.1. The first kappa shape index (κ1) is 77.8. The van der Waals surface area contributed by atoms with Crippen LogP contribution in [0.2, 0.25) is 0 Å². The summed E-state index contributed by atoms with van der Waals surface area (Å²) in [6.45, 7) is 4.25. The quantitative estimate of drug-likeness (QED) is 0.0501. The minimum absolute atomic E-state index is 0.0183. The van der Waals surface area contributed by atoms with Crippen molar-refractivity contribution >= 4 is 110 Å². The topological polar surface area (TPSA) is 246 Å². The molecule has 12 aromatic rings. The van der Waals surface area contributed by atoms with Gasteiger partial charge in [-0.2, -0.15) is 0 Å². The average Bonchev–Trinajstić information content (AvgIpc) is 0.739. The molecule has 2 N–H and O–H groups in total. The van der Waals surface area contributed by atoms with E-state index < -0.39 is 45.8 Å². The average molecular weight is 1630 g/mol. The van der Waals surface area contributed by atoms with Crippen molar-refractivity contribution in [3.63, 3.8) is 0 Å². The summed E-state index contributed by atoms with van der Waals surface area (Å²) in [7, 11) is -23.9. The number of fused-ring (bicyclic) bond motifs is 8. The third kappa shape index (κ3) is 20.2. The van der Waals surface area contributed by atoms with Crippen LogP contribution in [0.5, 0.6) is 34.5 Å². The van der Waals surface area contributed by atoms with Crippen LogP contribution in [0.15, 0.2) is 282 Å². The van der Waals surface area contributed by atoms with Gasteiger partial charge in [-0.1, -0.05) is 195 Å². The molecule has 30 heteroatoms. The molecule has 0 aromatic heterocycles. The van der Waals surface area contributed by atoms with E-state index in [1.165, 1.54) is 0 Å². The Morgan fingerprint density at radius 1 is 0.223 bits per heavy atom. The number of rotatable bonds is 21. The number of hydrogen-bond donors (Lipinski definition) is 2. The first-order chi connectivity index (χ1) is 55.1. The van der Waals surface area contributed by atoms with Crippen molar-refractivity contribution in [2.24, 2.45) is 27.1 Å². The van der Waals surface area contributed by atoms with Crippen LogP contribution in [0.3, 0.4) is 0 Å². The standard InChI is InChI=1S/C82H88N8O16P6/c1(15-41-83-107-85-109(101-77-35-29-65-17-3-9-23-71(65)59-77,99-57-53-95-49-45-91-43-47-93-51-55-97-107)89-111(87-107,103-79-37-31-67-19-5-11-25-73(67)61-79)104-80-38-32-68-20-6-12-26-74(68)62-80)2-16-42-84-108-86-110(102-78-36-30-66-18-4-10-24-72(66)60-78,100-58-54-96-50-46-92-44-48-94-52-56-98-108)90-112(88-108,105-81-39-33-69-21-7-13-27-75(69)63-81)106-82-40-34-70-22-8-14-28-76(70)64-82/h3-14,17-40,59-64,83-84H,1-2,15-16,41-58H2. The van der Waals surface area contributed by atoms with Crippen molar-refractivity contribution in [2.75, 3.05) is 119 Å². The summed E-state index contributed by atoms with van der Waals surface area (Å²) in [6.07, 6.45) is 2.68. The molecule has 4 atom stereocenters. The Morgan fingerprint density at radius 3 is 0.705 bits per heavy atom. The van der Waals surface area contributed by atoms with E-state index in [-0.39, 0.29) is 52.9 Å². The number of hydrogen-bond acceptors (Lipinski definition) is 24. The molecule has 4 unspecified atom stereocenters. The summed E-state index contributed by atoms with van der Waals surface area (Å²) in [4.78, 5) is 0. The van der Waals surface area contributed by atoms with Crippen molar-refractivity contribution in [1.29, 1.82) is 0 Å². The molecule has 4 aliphatic heterocycles. The largest absolute Gasteiger partial charge is 0.457 e. The van der Waals surface area contributed by atoms with Crippen LogP contribution in [-0.2, 0) is 46.5 Å². The molecule has 582 valence electrons. The normalized spacial score (nSPS) is 22.2. The molecule has 16 rings (SSSR count). The lowest BCUT2D eigenvalue weighted by Gasteiger charge is -2.34. The van der Waals surface area contributed by atoms with E-state index in [2.05, 4.69) is 34.4 Å². The molecule has 0 radical (unpaired) electrons. The van der Waals surface area contributed by atoms with E-state index in [0.29, 0.717) is 113 Å². The molecule has 4 heterocycles. The predicted molar refractivity (Wildman–Crippen MR) is 447 cm³/mol. The van der Waals surface area contributed by atoms with Crippen LogP contribution >= 0.6 is 45.8 Å². The molecule has 112 heavy (non-hydrogen) atoms. The Hall–Kier alpha value is -8.10. The summed E-state index contributed by atoms with van der Waals surface area (Å²) in [5.41, 5.74) is 0. The minimum atomic E-state index is -4.12. The Bertz CT molecular complexity index is 5170. The third-order valence-corrected chi connectivity index (χ3v) is 35.5. The van der Waals surface area contributed by atoms with Crippen molar-refractivity contribution in [3.05, 3.63) is 255 Å². The molecule has 0 spiro atoms. The van der Waals surface area contributed by atoms with Gasteiger partial charge in [0.25, 0.3) is 15.2 Å². The molecule has 0 saturated carbocycles. The van der Waals surface area contributed by atoms with E-state index in [9.17, 15) is 0 Å². The molecule has 12 aromatic carbocycles. The second-order valence-electron chi connectivity index (χ2n) is 26.4. The fraction of sp³-hybridized carbons (Fsp3) is 0.268. The van der Waals surface area contributed by atoms with E-state index in [1.54, 1.807) is 0 Å². The zero-order valence-electron chi connectivity index (χ0n) is 61.7. The molecule has 4 aliphatic rings. The third-order valence-electron chi connectivity index (χ3n) is 18.3. The Labute approximate surface area is 651 Å². The van der Waals surface area contributed by atoms with E-state index in [0.717, 1.165) is 77.5 Å². The predicted octanol–water partition coefficient (Wildman–Crippen LogP) is 23.0. The summed E-state index contributed by atoms with van der Waals surface area (Å²) in [6, 6.07) is 83.6. The lowest BCUT2D eigenvalue weighted by atomic mass is 10.1. The van der Waals surface area contributed by atoms with Crippen LogP contribution in [0.4, 0.5) is 0 Å².